The largest absolute Gasteiger partial charge is 0.309 e. The highest BCUT2D eigenvalue weighted by atomic mass is 15.0. The van der Waals surface area contributed by atoms with E-state index in [0.717, 1.165) is 33.5 Å². The van der Waals surface area contributed by atoms with Gasteiger partial charge >= 0.3 is 0 Å². The number of nitrogens with zero attached hydrogens (tertiary/aromatic N) is 3. The summed E-state index contributed by atoms with van der Waals surface area (Å²) >= 11 is 0. The maximum Gasteiger partial charge on any atom is 0.146 e. The molecule has 6 aromatic carbocycles. The first kappa shape index (κ1) is 23.1. The second kappa shape index (κ2) is 8.92. The van der Waals surface area contributed by atoms with Crippen molar-refractivity contribution in [1.29, 1.82) is 0 Å². The van der Waals surface area contributed by atoms with Crippen LogP contribution >= 0.6 is 0 Å². The summed E-state index contributed by atoms with van der Waals surface area (Å²) < 4.78 is 4.68. The maximum atomic E-state index is 5.11. The van der Waals surface area contributed by atoms with E-state index in [0.29, 0.717) is 0 Å². The predicted octanol–water partition coefficient (Wildman–Crippen LogP) is 10.1. The van der Waals surface area contributed by atoms with Crippen molar-refractivity contribution < 1.29 is 0 Å². The molecule has 9 rings (SSSR count). The topological polar surface area (TPSA) is 22.2 Å². The highest BCUT2D eigenvalue weighted by molar-refractivity contribution is 6.09. The van der Waals surface area contributed by atoms with E-state index in [4.69, 9.17) is 4.98 Å². The second-order valence-electron chi connectivity index (χ2n) is 10.9. The number of fused-ring (bicyclic) bond motifs is 8. The first-order valence-electron chi connectivity index (χ1n) is 14.3. The van der Waals surface area contributed by atoms with Crippen LogP contribution in [0.1, 0.15) is 0 Å². The van der Waals surface area contributed by atoms with Crippen LogP contribution in [-0.4, -0.2) is 14.0 Å². The first-order chi connectivity index (χ1) is 20.8. The quantitative estimate of drug-likeness (QED) is 0.221. The van der Waals surface area contributed by atoms with Crippen molar-refractivity contribution in [3.8, 4) is 27.9 Å². The lowest BCUT2D eigenvalue weighted by molar-refractivity contribution is 1.18. The molecule has 196 valence electrons. The van der Waals surface area contributed by atoms with E-state index in [-0.39, 0.29) is 0 Å². The fourth-order valence-electron chi connectivity index (χ4n) is 6.59. The van der Waals surface area contributed by atoms with Gasteiger partial charge in [0.2, 0.25) is 0 Å². The molecule has 3 nitrogen and oxygen atoms in total. The lowest BCUT2D eigenvalue weighted by atomic mass is 9.98. The van der Waals surface area contributed by atoms with Crippen molar-refractivity contribution in [2.24, 2.45) is 0 Å². The molecule has 0 aliphatic rings. The average molecular weight is 536 g/mol. The van der Waals surface area contributed by atoms with Gasteiger partial charge in [-0.2, -0.15) is 0 Å². The van der Waals surface area contributed by atoms with E-state index in [1.165, 1.54) is 43.8 Å². The number of pyridine rings is 1. The zero-order chi connectivity index (χ0) is 27.6. The Morgan fingerprint density at radius 1 is 0.429 bits per heavy atom. The fraction of sp³-hybridized carbons (Fsp3) is 0. The van der Waals surface area contributed by atoms with Gasteiger partial charge in [-0.05, 0) is 76.7 Å². The molecule has 3 aromatic heterocycles. The van der Waals surface area contributed by atoms with Crippen LogP contribution in [0.2, 0.25) is 0 Å². The van der Waals surface area contributed by atoms with Crippen molar-refractivity contribution in [2.45, 2.75) is 0 Å². The Labute approximate surface area is 242 Å². The molecule has 0 atom stereocenters. The minimum Gasteiger partial charge on any atom is -0.309 e. The van der Waals surface area contributed by atoms with Gasteiger partial charge in [0.15, 0.2) is 0 Å². The Balaban J connectivity index is 1.24. The average Bonchev–Trinajstić information content (AvgIpc) is 3.61. The summed E-state index contributed by atoms with van der Waals surface area (Å²) in [4.78, 5) is 5.11. The molecule has 0 radical (unpaired) electrons. The molecule has 0 fully saturated rings. The lowest BCUT2D eigenvalue weighted by Crippen LogP contribution is -1.94. The van der Waals surface area contributed by atoms with Gasteiger partial charge in [0.25, 0.3) is 0 Å². The molecule has 0 spiro atoms. The van der Waals surface area contributed by atoms with Crippen molar-refractivity contribution in [3.63, 3.8) is 0 Å². The zero-order valence-corrected chi connectivity index (χ0v) is 22.8. The van der Waals surface area contributed by atoms with Crippen LogP contribution in [0.5, 0.6) is 0 Å². The summed E-state index contributed by atoms with van der Waals surface area (Å²) in [5.74, 6) is 0. The summed E-state index contributed by atoms with van der Waals surface area (Å²) in [5, 5.41) is 3.74. The van der Waals surface area contributed by atoms with Crippen LogP contribution < -0.4 is 0 Å². The summed E-state index contributed by atoms with van der Waals surface area (Å²) in [6.45, 7) is 0. The SMILES string of the molecule is c1cc(-c2cccc(-n3c4ccccc4c4ccccc43)c2)cc(-c2cc3ccccc3n3c2nc2ccccc23)c1. The lowest BCUT2D eigenvalue weighted by Gasteiger charge is -2.12. The Kier molecular flexibility index (Phi) is 4.90. The number of aromatic nitrogens is 3. The van der Waals surface area contributed by atoms with Crippen LogP contribution in [0.15, 0.2) is 152 Å². The normalized spacial score (nSPS) is 11.8. The van der Waals surface area contributed by atoms with E-state index >= 15 is 0 Å². The number of hydrogen-bond acceptors (Lipinski definition) is 1. The Hall–Kier alpha value is -5.67. The molecule has 0 bridgehead atoms. The molecule has 3 heteroatoms. The third-order valence-electron chi connectivity index (χ3n) is 8.47. The first-order valence-corrected chi connectivity index (χ1v) is 14.3. The standard InChI is InChI=1S/C39H25N3/c1-5-19-35-29(11-1)25-33(39-40-34-18-4-8-22-38(34)42(35)39)28-14-9-12-26(23-28)27-13-10-15-30(24-27)41-36-20-6-2-16-31(36)32-17-3-7-21-37(32)41/h1-25H. The molecule has 42 heavy (non-hydrogen) atoms. The molecule has 0 N–H and O–H groups in total. The van der Waals surface area contributed by atoms with Gasteiger partial charge in [0, 0.05) is 22.0 Å². The molecule has 0 saturated carbocycles. The third kappa shape index (κ3) is 3.37. The molecule has 0 aliphatic heterocycles. The van der Waals surface area contributed by atoms with Gasteiger partial charge in [0.1, 0.15) is 5.65 Å². The predicted molar refractivity (Wildman–Crippen MR) is 175 cm³/mol. The van der Waals surface area contributed by atoms with Gasteiger partial charge < -0.3 is 4.57 Å². The Morgan fingerprint density at radius 3 is 1.81 bits per heavy atom. The van der Waals surface area contributed by atoms with Gasteiger partial charge in [-0.3, -0.25) is 4.40 Å². The molecule has 9 aromatic rings. The molecule has 3 heterocycles. The molecule has 0 saturated heterocycles. The Bertz CT molecular complexity index is 2420. The summed E-state index contributed by atoms with van der Waals surface area (Å²) in [6, 6.07) is 54.3. The second-order valence-corrected chi connectivity index (χ2v) is 10.9. The zero-order valence-electron chi connectivity index (χ0n) is 22.8. The number of para-hydroxylation sites is 5. The molecular formula is C39H25N3. The van der Waals surface area contributed by atoms with Crippen LogP contribution in [0.3, 0.4) is 0 Å². The van der Waals surface area contributed by atoms with Crippen molar-refractivity contribution in [3.05, 3.63) is 152 Å². The van der Waals surface area contributed by atoms with Crippen LogP contribution in [0.4, 0.5) is 0 Å². The summed E-state index contributed by atoms with van der Waals surface area (Å²) in [7, 11) is 0. The number of imidazole rings is 1. The van der Waals surface area contributed by atoms with Gasteiger partial charge in [-0.25, -0.2) is 4.98 Å². The highest BCUT2D eigenvalue weighted by Crippen LogP contribution is 2.36. The minimum absolute atomic E-state index is 0.978. The van der Waals surface area contributed by atoms with Gasteiger partial charge in [0.05, 0.1) is 27.6 Å². The van der Waals surface area contributed by atoms with E-state index < -0.39 is 0 Å². The number of hydrogen-bond donors (Lipinski definition) is 0. The monoisotopic (exact) mass is 535 g/mol. The molecule has 0 unspecified atom stereocenters. The van der Waals surface area contributed by atoms with Gasteiger partial charge in [-0.1, -0.05) is 97.1 Å². The van der Waals surface area contributed by atoms with E-state index in [9.17, 15) is 0 Å². The van der Waals surface area contributed by atoms with Crippen molar-refractivity contribution in [2.75, 3.05) is 0 Å². The minimum atomic E-state index is 0.978. The van der Waals surface area contributed by atoms with Crippen molar-refractivity contribution >= 4 is 49.4 Å². The van der Waals surface area contributed by atoms with Crippen molar-refractivity contribution in [1.82, 2.24) is 14.0 Å². The van der Waals surface area contributed by atoms with E-state index in [1.807, 2.05) is 0 Å². The molecular weight excluding hydrogens is 510 g/mol. The summed E-state index contributed by atoms with van der Waals surface area (Å²) in [6.07, 6.45) is 0. The third-order valence-corrected chi connectivity index (χ3v) is 8.47. The van der Waals surface area contributed by atoms with Gasteiger partial charge in [-0.15, -0.1) is 0 Å². The smallest absolute Gasteiger partial charge is 0.146 e. The highest BCUT2D eigenvalue weighted by Gasteiger charge is 2.15. The Morgan fingerprint density at radius 2 is 1.02 bits per heavy atom. The number of benzene rings is 6. The molecule has 0 aliphatic carbocycles. The fourth-order valence-corrected chi connectivity index (χ4v) is 6.59. The maximum absolute atomic E-state index is 5.11. The van der Waals surface area contributed by atoms with E-state index in [1.54, 1.807) is 0 Å². The molecule has 0 amide bonds. The van der Waals surface area contributed by atoms with Crippen LogP contribution in [-0.2, 0) is 0 Å². The van der Waals surface area contributed by atoms with Crippen LogP contribution in [0.25, 0.3) is 77.3 Å². The summed E-state index contributed by atoms with van der Waals surface area (Å²) in [5.41, 5.74) is 12.5. The van der Waals surface area contributed by atoms with E-state index in [2.05, 4.69) is 161 Å². The van der Waals surface area contributed by atoms with Crippen LogP contribution in [0, 0.1) is 0 Å². The number of rotatable bonds is 3.